The molecule has 0 amide bonds. The highest BCUT2D eigenvalue weighted by atomic mass is 79.9. The molecule has 1 unspecified atom stereocenters. The van der Waals surface area contributed by atoms with Gasteiger partial charge in [-0.05, 0) is 37.2 Å². The SMILES string of the molecule is CCNC(C)c1cc(C(F)(F)F)ccc1Br. The second-order valence-corrected chi connectivity index (χ2v) is 4.37. The fourth-order valence-corrected chi connectivity index (χ4v) is 2.06. The Kier molecular flexibility index (Phi) is 4.38. The number of alkyl halides is 3. The molecule has 1 aromatic carbocycles. The van der Waals surface area contributed by atoms with Crippen LogP contribution in [-0.2, 0) is 6.18 Å². The van der Waals surface area contributed by atoms with Crippen LogP contribution in [0.3, 0.4) is 0 Å². The Morgan fingerprint density at radius 3 is 2.50 bits per heavy atom. The molecule has 1 atom stereocenters. The third-order valence-electron chi connectivity index (χ3n) is 2.30. The molecule has 0 heterocycles. The van der Waals surface area contributed by atoms with Crippen molar-refractivity contribution in [3.8, 4) is 0 Å². The lowest BCUT2D eigenvalue weighted by molar-refractivity contribution is -0.137. The summed E-state index contributed by atoms with van der Waals surface area (Å²) in [6.45, 7) is 4.46. The third-order valence-corrected chi connectivity index (χ3v) is 3.02. The highest BCUT2D eigenvalue weighted by Crippen LogP contribution is 2.33. The molecule has 16 heavy (non-hydrogen) atoms. The summed E-state index contributed by atoms with van der Waals surface area (Å²) in [5.74, 6) is 0. The van der Waals surface area contributed by atoms with Crippen molar-refractivity contribution in [2.45, 2.75) is 26.1 Å². The molecular weight excluding hydrogens is 283 g/mol. The molecule has 0 saturated carbocycles. The Labute approximate surface area is 101 Å². The number of halogens is 4. The van der Waals surface area contributed by atoms with E-state index in [0.29, 0.717) is 16.6 Å². The normalized spacial score (nSPS) is 13.9. The average Bonchev–Trinajstić information content (AvgIpc) is 2.16. The lowest BCUT2D eigenvalue weighted by Gasteiger charge is -2.16. The number of hydrogen-bond acceptors (Lipinski definition) is 1. The van der Waals surface area contributed by atoms with Gasteiger partial charge in [-0.25, -0.2) is 0 Å². The van der Waals surface area contributed by atoms with Crippen molar-refractivity contribution in [1.29, 1.82) is 0 Å². The Morgan fingerprint density at radius 2 is 2.00 bits per heavy atom. The number of benzene rings is 1. The van der Waals surface area contributed by atoms with Gasteiger partial charge in [0.25, 0.3) is 0 Å². The Bertz CT molecular complexity index is 363. The Hall–Kier alpha value is -0.550. The topological polar surface area (TPSA) is 12.0 Å². The predicted molar refractivity (Wildman–Crippen MR) is 61.2 cm³/mol. The Morgan fingerprint density at radius 1 is 1.38 bits per heavy atom. The zero-order valence-corrected chi connectivity index (χ0v) is 10.6. The molecule has 0 spiro atoms. The largest absolute Gasteiger partial charge is 0.416 e. The predicted octanol–water partition coefficient (Wildman–Crippen LogP) is 4.14. The fraction of sp³-hybridized carbons (Fsp3) is 0.455. The summed E-state index contributed by atoms with van der Waals surface area (Å²) >= 11 is 3.26. The highest BCUT2D eigenvalue weighted by Gasteiger charge is 2.31. The molecule has 0 saturated heterocycles. The first kappa shape index (κ1) is 13.5. The van der Waals surface area contributed by atoms with Crippen molar-refractivity contribution in [1.82, 2.24) is 5.32 Å². The van der Waals surface area contributed by atoms with E-state index < -0.39 is 11.7 Å². The number of rotatable bonds is 3. The van der Waals surface area contributed by atoms with Crippen molar-refractivity contribution in [2.75, 3.05) is 6.54 Å². The summed E-state index contributed by atoms with van der Waals surface area (Å²) in [4.78, 5) is 0. The molecule has 1 aromatic rings. The van der Waals surface area contributed by atoms with Gasteiger partial charge in [-0.15, -0.1) is 0 Å². The van der Waals surface area contributed by atoms with Crippen LogP contribution in [0.15, 0.2) is 22.7 Å². The number of nitrogens with one attached hydrogen (secondary N) is 1. The van der Waals surface area contributed by atoms with Gasteiger partial charge < -0.3 is 5.32 Å². The van der Waals surface area contributed by atoms with Crippen LogP contribution in [0.2, 0.25) is 0 Å². The smallest absolute Gasteiger partial charge is 0.310 e. The van der Waals surface area contributed by atoms with Crippen LogP contribution in [0.25, 0.3) is 0 Å². The average molecular weight is 296 g/mol. The van der Waals surface area contributed by atoms with E-state index >= 15 is 0 Å². The molecule has 0 aliphatic rings. The second kappa shape index (κ2) is 5.19. The van der Waals surface area contributed by atoms with E-state index in [1.54, 1.807) is 0 Å². The van der Waals surface area contributed by atoms with Crippen molar-refractivity contribution in [3.05, 3.63) is 33.8 Å². The minimum atomic E-state index is -4.29. The first-order valence-electron chi connectivity index (χ1n) is 4.96. The van der Waals surface area contributed by atoms with Gasteiger partial charge in [-0.2, -0.15) is 13.2 Å². The summed E-state index contributed by atoms with van der Waals surface area (Å²) in [6, 6.07) is 3.58. The van der Waals surface area contributed by atoms with Crippen molar-refractivity contribution in [3.63, 3.8) is 0 Å². The van der Waals surface area contributed by atoms with Crippen LogP contribution in [-0.4, -0.2) is 6.54 Å². The molecule has 0 radical (unpaired) electrons. The molecule has 5 heteroatoms. The number of hydrogen-bond donors (Lipinski definition) is 1. The molecule has 1 nitrogen and oxygen atoms in total. The van der Waals surface area contributed by atoms with Gasteiger partial charge in [0.2, 0.25) is 0 Å². The first-order valence-corrected chi connectivity index (χ1v) is 5.75. The van der Waals surface area contributed by atoms with E-state index in [-0.39, 0.29) is 6.04 Å². The maximum atomic E-state index is 12.5. The highest BCUT2D eigenvalue weighted by molar-refractivity contribution is 9.10. The van der Waals surface area contributed by atoms with Gasteiger partial charge in [-0.3, -0.25) is 0 Å². The van der Waals surface area contributed by atoms with E-state index in [4.69, 9.17) is 0 Å². The van der Waals surface area contributed by atoms with Crippen molar-refractivity contribution >= 4 is 15.9 Å². The summed E-state index contributed by atoms with van der Waals surface area (Å²) in [7, 11) is 0. The summed E-state index contributed by atoms with van der Waals surface area (Å²) in [6.07, 6.45) is -4.29. The third kappa shape index (κ3) is 3.22. The van der Waals surface area contributed by atoms with Crippen LogP contribution >= 0.6 is 15.9 Å². The minimum absolute atomic E-state index is 0.110. The monoisotopic (exact) mass is 295 g/mol. The summed E-state index contributed by atoms with van der Waals surface area (Å²) in [5.41, 5.74) is 0.00660. The van der Waals surface area contributed by atoms with Crippen LogP contribution in [0, 0.1) is 0 Å². The molecule has 1 rings (SSSR count). The quantitative estimate of drug-likeness (QED) is 0.884. The maximum absolute atomic E-state index is 12.5. The van der Waals surface area contributed by atoms with Crippen LogP contribution in [0.1, 0.15) is 31.0 Å². The molecule has 0 aliphatic carbocycles. The van der Waals surface area contributed by atoms with Gasteiger partial charge in [0.05, 0.1) is 5.56 Å². The van der Waals surface area contributed by atoms with E-state index in [0.717, 1.165) is 6.07 Å². The molecule has 0 aliphatic heterocycles. The lowest BCUT2D eigenvalue weighted by Crippen LogP contribution is -2.19. The van der Waals surface area contributed by atoms with Crippen molar-refractivity contribution < 1.29 is 13.2 Å². The zero-order valence-electron chi connectivity index (χ0n) is 9.03. The lowest BCUT2D eigenvalue weighted by atomic mass is 10.0. The molecule has 0 aromatic heterocycles. The molecule has 1 N–H and O–H groups in total. The molecule has 90 valence electrons. The van der Waals surface area contributed by atoms with E-state index in [2.05, 4.69) is 21.2 Å². The fourth-order valence-electron chi connectivity index (χ4n) is 1.47. The van der Waals surface area contributed by atoms with E-state index in [1.807, 2.05) is 13.8 Å². The first-order chi connectivity index (χ1) is 7.36. The van der Waals surface area contributed by atoms with Gasteiger partial charge in [-0.1, -0.05) is 22.9 Å². The van der Waals surface area contributed by atoms with Crippen molar-refractivity contribution in [2.24, 2.45) is 0 Å². The van der Waals surface area contributed by atoms with Gasteiger partial charge >= 0.3 is 6.18 Å². The standard InChI is InChI=1S/C11H13BrF3N/c1-3-16-7(2)9-6-8(11(13,14)15)4-5-10(9)12/h4-7,16H,3H2,1-2H3. The molecular formula is C11H13BrF3N. The Balaban J connectivity index is 3.09. The van der Waals surface area contributed by atoms with E-state index in [9.17, 15) is 13.2 Å². The van der Waals surface area contributed by atoms with Crippen LogP contribution in [0.5, 0.6) is 0 Å². The summed E-state index contributed by atoms with van der Waals surface area (Å²) in [5, 5.41) is 3.08. The second-order valence-electron chi connectivity index (χ2n) is 3.51. The zero-order chi connectivity index (χ0) is 12.3. The van der Waals surface area contributed by atoms with Crippen LogP contribution < -0.4 is 5.32 Å². The maximum Gasteiger partial charge on any atom is 0.416 e. The van der Waals surface area contributed by atoms with E-state index in [1.165, 1.54) is 12.1 Å². The summed E-state index contributed by atoms with van der Waals surface area (Å²) < 4.78 is 38.2. The van der Waals surface area contributed by atoms with Gasteiger partial charge in [0, 0.05) is 10.5 Å². The minimum Gasteiger partial charge on any atom is -0.310 e. The van der Waals surface area contributed by atoms with Crippen LogP contribution in [0.4, 0.5) is 13.2 Å². The van der Waals surface area contributed by atoms with Gasteiger partial charge in [0.15, 0.2) is 0 Å². The van der Waals surface area contributed by atoms with Gasteiger partial charge in [0.1, 0.15) is 0 Å². The molecule has 0 fully saturated rings. The molecule has 0 bridgehead atoms.